The van der Waals surface area contributed by atoms with Gasteiger partial charge in [-0.3, -0.25) is 9.78 Å². The summed E-state index contributed by atoms with van der Waals surface area (Å²) in [6.45, 7) is 11.2. The van der Waals surface area contributed by atoms with Crippen LogP contribution in [-0.2, 0) is 4.79 Å². The van der Waals surface area contributed by atoms with Crippen LogP contribution in [-0.4, -0.2) is 39.4 Å². The third-order valence-electron chi connectivity index (χ3n) is 2.66. The van der Waals surface area contributed by atoms with Crippen LogP contribution in [0.5, 0.6) is 5.75 Å². The summed E-state index contributed by atoms with van der Waals surface area (Å²) in [5, 5.41) is 31.3. The number of aromatic hydroxyl groups is 1. The van der Waals surface area contributed by atoms with E-state index in [9.17, 15) is 15.0 Å². The number of aliphatic hydroxyl groups is 1. The van der Waals surface area contributed by atoms with Crippen molar-refractivity contribution in [2.45, 2.75) is 53.7 Å². The third-order valence-corrected chi connectivity index (χ3v) is 2.66. The number of aromatic nitrogens is 1. The first kappa shape index (κ1) is 21.6. The van der Waals surface area contributed by atoms with Gasteiger partial charge in [-0.25, -0.2) is 0 Å². The Kier molecular flexibility index (Phi) is 11.4. The van der Waals surface area contributed by atoms with E-state index >= 15 is 0 Å². The molecule has 1 aromatic rings. The lowest BCUT2D eigenvalue weighted by atomic mass is 9.97. The number of aryl methyl sites for hydroxylation is 2. The molecule has 0 amide bonds. The van der Waals surface area contributed by atoms with Crippen LogP contribution >= 0.6 is 0 Å². The first-order valence-corrected chi connectivity index (χ1v) is 7.13. The van der Waals surface area contributed by atoms with Crippen LogP contribution in [0.4, 0.5) is 0 Å². The van der Waals surface area contributed by atoms with Crippen molar-refractivity contribution in [1.82, 2.24) is 10.3 Å². The predicted molar refractivity (Wildman–Crippen MR) is 83.5 cm³/mol. The number of pyridine rings is 1. The summed E-state index contributed by atoms with van der Waals surface area (Å²) in [6, 6.07) is -1.18. The molecular weight excluding hydrogens is 272 g/mol. The summed E-state index contributed by atoms with van der Waals surface area (Å²) >= 11 is 0. The number of aliphatic hydroxyl groups excluding tert-OH is 1. The van der Waals surface area contributed by atoms with Gasteiger partial charge in [0.2, 0.25) is 0 Å². The van der Waals surface area contributed by atoms with Gasteiger partial charge in [0.15, 0.2) is 0 Å². The molecule has 0 fully saturated rings. The zero-order valence-corrected chi connectivity index (χ0v) is 13.9. The monoisotopic (exact) mass is 300 g/mol. The first-order chi connectivity index (χ1) is 9.90. The Balaban J connectivity index is 0. The van der Waals surface area contributed by atoms with E-state index in [2.05, 4.69) is 10.3 Å². The fraction of sp³-hybridized carbons (Fsp3) is 0.600. The molecule has 0 bridgehead atoms. The van der Waals surface area contributed by atoms with E-state index in [0.717, 1.165) is 0 Å². The van der Waals surface area contributed by atoms with Crippen LogP contribution in [0.3, 0.4) is 0 Å². The molecule has 0 saturated heterocycles. The average Bonchev–Trinajstić information content (AvgIpc) is 2.48. The zero-order chi connectivity index (χ0) is 17.2. The second-order valence-electron chi connectivity index (χ2n) is 3.84. The number of nitrogens with zero attached hydrogens (tertiary/aromatic N) is 1. The van der Waals surface area contributed by atoms with E-state index in [0.29, 0.717) is 11.3 Å². The van der Waals surface area contributed by atoms with Crippen LogP contribution in [0.15, 0.2) is 6.20 Å². The van der Waals surface area contributed by atoms with Crippen molar-refractivity contribution in [3.8, 4) is 5.75 Å². The van der Waals surface area contributed by atoms with Gasteiger partial charge in [0.05, 0.1) is 5.69 Å². The van der Waals surface area contributed by atoms with Crippen molar-refractivity contribution >= 4 is 5.97 Å². The van der Waals surface area contributed by atoms with Crippen LogP contribution in [0.1, 0.15) is 50.6 Å². The zero-order valence-electron chi connectivity index (χ0n) is 13.9. The van der Waals surface area contributed by atoms with Crippen LogP contribution < -0.4 is 5.32 Å². The quantitative estimate of drug-likeness (QED) is 0.679. The highest BCUT2D eigenvalue weighted by Crippen LogP contribution is 2.31. The molecule has 6 nitrogen and oxygen atoms in total. The Morgan fingerprint density at radius 1 is 1.24 bits per heavy atom. The molecule has 2 unspecified atom stereocenters. The van der Waals surface area contributed by atoms with E-state index in [1.54, 1.807) is 13.8 Å². The van der Waals surface area contributed by atoms with Gasteiger partial charge in [-0.15, -0.1) is 0 Å². The predicted octanol–water partition coefficient (Wildman–Crippen LogP) is 2.16. The SMILES string of the molecule is CC.CC.CNC(C(=O)O)C(O)c1c(C)cnc(C)c1O. The highest BCUT2D eigenvalue weighted by atomic mass is 16.4. The summed E-state index contributed by atoms with van der Waals surface area (Å²) in [5.74, 6) is -1.35. The highest BCUT2D eigenvalue weighted by molar-refractivity contribution is 5.75. The Morgan fingerprint density at radius 2 is 1.71 bits per heavy atom. The fourth-order valence-corrected chi connectivity index (χ4v) is 1.66. The number of carboxylic acids is 1. The largest absolute Gasteiger partial charge is 0.506 e. The summed E-state index contributed by atoms with van der Waals surface area (Å²) < 4.78 is 0. The van der Waals surface area contributed by atoms with E-state index in [-0.39, 0.29) is 11.3 Å². The normalized spacial score (nSPS) is 12.2. The van der Waals surface area contributed by atoms with Crippen LogP contribution in [0, 0.1) is 13.8 Å². The molecule has 21 heavy (non-hydrogen) atoms. The molecule has 0 aliphatic rings. The molecule has 0 saturated carbocycles. The lowest BCUT2D eigenvalue weighted by Gasteiger charge is -2.21. The third kappa shape index (κ3) is 5.69. The summed E-state index contributed by atoms with van der Waals surface area (Å²) in [5.41, 5.74) is 1.09. The van der Waals surface area contributed by atoms with Gasteiger partial charge in [-0.1, -0.05) is 27.7 Å². The Bertz CT molecular complexity index is 436. The maximum Gasteiger partial charge on any atom is 0.323 e. The first-order valence-electron chi connectivity index (χ1n) is 7.13. The van der Waals surface area contributed by atoms with Gasteiger partial charge in [0.1, 0.15) is 17.9 Å². The smallest absolute Gasteiger partial charge is 0.323 e. The standard InChI is InChI=1S/C11H16N2O4.2C2H6/c1-5-4-13-6(2)9(14)7(5)10(15)8(12-3)11(16)17;2*1-2/h4,8,10,12,14-15H,1-3H3,(H,16,17);2*1-2H3. The molecule has 1 heterocycles. The molecule has 0 radical (unpaired) electrons. The summed E-state index contributed by atoms with van der Waals surface area (Å²) in [6.07, 6.45) is 0.154. The van der Waals surface area contributed by atoms with Crippen molar-refractivity contribution in [2.75, 3.05) is 7.05 Å². The number of aliphatic carboxylic acids is 1. The van der Waals surface area contributed by atoms with Gasteiger partial charge in [-0.2, -0.15) is 0 Å². The number of likely N-dealkylation sites (N-methyl/N-ethyl adjacent to an activating group) is 1. The van der Waals surface area contributed by atoms with Gasteiger partial charge < -0.3 is 20.6 Å². The van der Waals surface area contributed by atoms with Crippen molar-refractivity contribution in [3.05, 3.63) is 23.0 Å². The van der Waals surface area contributed by atoms with Gasteiger partial charge in [0, 0.05) is 11.8 Å². The molecule has 0 aliphatic carbocycles. The van der Waals surface area contributed by atoms with Gasteiger partial charge in [0.25, 0.3) is 0 Å². The average molecular weight is 300 g/mol. The van der Waals surface area contributed by atoms with E-state index in [1.807, 2.05) is 27.7 Å². The maximum absolute atomic E-state index is 10.9. The molecule has 1 rings (SSSR count). The Labute approximate surface area is 126 Å². The topological polar surface area (TPSA) is 103 Å². The van der Waals surface area contributed by atoms with E-state index < -0.39 is 18.1 Å². The van der Waals surface area contributed by atoms with E-state index in [1.165, 1.54) is 13.2 Å². The number of hydrogen-bond acceptors (Lipinski definition) is 5. The van der Waals surface area contributed by atoms with Gasteiger partial charge >= 0.3 is 5.97 Å². The molecule has 0 aliphatic heterocycles. The fourth-order valence-electron chi connectivity index (χ4n) is 1.66. The highest BCUT2D eigenvalue weighted by Gasteiger charge is 2.30. The molecule has 4 N–H and O–H groups in total. The number of rotatable bonds is 4. The minimum absolute atomic E-state index is 0.168. The molecule has 2 atom stereocenters. The molecule has 1 aromatic heterocycles. The van der Waals surface area contributed by atoms with Crippen molar-refractivity contribution in [2.24, 2.45) is 0 Å². The molecule has 0 aromatic carbocycles. The van der Waals surface area contributed by atoms with E-state index in [4.69, 9.17) is 5.11 Å². The lowest BCUT2D eigenvalue weighted by Crippen LogP contribution is -2.39. The van der Waals surface area contributed by atoms with Crippen molar-refractivity contribution < 1.29 is 20.1 Å². The molecule has 122 valence electrons. The lowest BCUT2D eigenvalue weighted by molar-refractivity contribution is -0.142. The Morgan fingerprint density at radius 3 is 2.10 bits per heavy atom. The summed E-state index contributed by atoms with van der Waals surface area (Å²) in [4.78, 5) is 14.9. The minimum atomic E-state index is -1.33. The molecule has 0 spiro atoms. The number of nitrogens with one attached hydrogen (secondary N) is 1. The second kappa shape index (κ2) is 11.0. The summed E-state index contributed by atoms with van der Waals surface area (Å²) in [7, 11) is 1.43. The minimum Gasteiger partial charge on any atom is -0.506 e. The number of carboxylic acid groups (broad SMARTS) is 1. The van der Waals surface area contributed by atoms with Crippen LogP contribution in [0.2, 0.25) is 0 Å². The number of hydrogen-bond donors (Lipinski definition) is 4. The van der Waals surface area contributed by atoms with Crippen molar-refractivity contribution in [1.29, 1.82) is 0 Å². The molecule has 6 heteroatoms. The number of carbonyl (C=O) groups is 1. The molecular formula is C15H28N2O4. The van der Waals surface area contributed by atoms with Crippen molar-refractivity contribution in [3.63, 3.8) is 0 Å². The maximum atomic E-state index is 10.9. The second-order valence-corrected chi connectivity index (χ2v) is 3.84. The Hall–Kier alpha value is -1.66. The van der Waals surface area contributed by atoms with Crippen LogP contribution in [0.25, 0.3) is 0 Å². The van der Waals surface area contributed by atoms with Gasteiger partial charge in [-0.05, 0) is 26.5 Å².